The largest absolute Gasteiger partial charge is 0.390 e. The molecule has 2 rings (SSSR count). The fraction of sp³-hybridized carbons (Fsp3) is 0.417. The number of halogens is 1. The van der Waals surface area contributed by atoms with Crippen molar-refractivity contribution in [3.63, 3.8) is 0 Å². The first-order chi connectivity index (χ1) is 8.80. The minimum absolute atomic E-state index is 0.236. The van der Waals surface area contributed by atoms with Crippen LogP contribution in [-0.4, -0.2) is 43.1 Å². The van der Waals surface area contributed by atoms with Gasteiger partial charge < -0.3 is 10.0 Å². The molecule has 0 bridgehead atoms. The number of amides is 1. The maximum atomic E-state index is 11.8. The molecule has 7 heteroatoms. The normalized spacial score (nSPS) is 25.2. The van der Waals surface area contributed by atoms with Crippen LogP contribution in [0.15, 0.2) is 24.3 Å². The number of carbonyl (C=O) groups is 1. The predicted molar refractivity (Wildman–Crippen MR) is 73.1 cm³/mol. The molecule has 5 nitrogen and oxygen atoms in total. The van der Waals surface area contributed by atoms with Crippen molar-refractivity contribution in [2.45, 2.75) is 19.1 Å². The first-order valence-electron chi connectivity index (χ1n) is 5.74. The summed E-state index contributed by atoms with van der Waals surface area (Å²) in [5.41, 5.74) is 0.487. The van der Waals surface area contributed by atoms with Gasteiger partial charge in [0.15, 0.2) is 9.84 Å². The average Bonchev–Trinajstić information content (AvgIpc) is 2.52. The first-order valence-corrected chi connectivity index (χ1v) is 7.94. The van der Waals surface area contributed by atoms with E-state index in [4.69, 9.17) is 11.6 Å². The number of nitrogens with zero attached hydrogens (tertiary/aromatic N) is 1. The van der Waals surface area contributed by atoms with Gasteiger partial charge in [0.2, 0.25) is 5.91 Å². The topological polar surface area (TPSA) is 74.7 Å². The fourth-order valence-corrected chi connectivity index (χ4v) is 4.24. The lowest BCUT2D eigenvalue weighted by Gasteiger charge is -2.29. The van der Waals surface area contributed by atoms with Crippen molar-refractivity contribution in [2.24, 2.45) is 0 Å². The van der Waals surface area contributed by atoms with E-state index in [1.807, 2.05) is 0 Å². The van der Waals surface area contributed by atoms with Crippen molar-refractivity contribution in [1.82, 2.24) is 0 Å². The second kappa shape index (κ2) is 5.11. The van der Waals surface area contributed by atoms with Crippen LogP contribution in [0.1, 0.15) is 6.92 Å². The van der Waals surface area contributed by atoms with Crippen molar-refractivity contribution in [1.29, 1.82) is 0 Å². The minimum atomic E-state index is -3.32. The summed E-state index contributed by atoms with van der Waals surface area (Å²) in [4.78, 5) is 13.1. The highest BCUT2D eigenvalue weighted by Gasteiger charge is 2.41. The Morgan fingerprint density at radius 3 is 2.58 bits per heavy atom. The number of carbonyl (C=O) groups excluding carboxylic acids is 1. The molecule has 2 unspecified atom stereocenters. The molecule has 0 aromatic heterocycles. The van der Waals surface area contributed by atoms with Crippen LogP contribution >= 0.6 is 11.6 Å². The zero-order valence-electron chi connectivity index (χ0n) is 10.3. The summed E-state index contributed by atoms with van der Waals surface area (Å²) in [7, 11) is -3.32. The molecule has 1 aromatic carbocycles. The number of benzene rings is 1. The summed E-state index contributed by atoms with van der Waals surface area (Å²) in [5.74, 6) is -0.883. The Bertz CT molecular complexity index is 602. The van der Waals surface area contributed by atoms with Crippen molar-refractivity contribution in [3.8, 4) is 0 Å². The molecule has 1 heterocycles. The van der Waals surface area contributed by atoms with Crippen LogP contribution in [0, 0.1) is 0 Å². The molecule has 0 radical (unpaired) electrons. The van der Waals surface area contributed by atoms with E-state index in [1.165, 1.54) is 11.8 Å². The molecule has 1 fully saturated rings. The summed E-state index contributed by atoms with van der Waals surface area (Å²) >= 11 is 5.87. The van der Waals surface area contributed by atoms with Crippen molar-refractivity contribution >= 4 is 33.0 Å². The Labute approximate surface area is 116 Å². The Morgan fingerprint density at radius 2 is 2.11 bits per heavy atom. The number of aliphatic hydroxyl groups is 1. The van der Waals surface area contributed by atoms with Gasteiger partial charge in [0.05, 0.1) is 23.7 Å². The van der Waals surface area contributed by atoms with E-state index in [9.17, 15) is 18.3 Å². The molecule has 0 spiro atoms. The number of aliphatic hydroxyl groups excluding tert-OH is 1. The summed E-state index contributed by atoms with van der Waals surface area (Å²) in [6.07, 6.45) is -1.08. The van der Waals surface area contributed by atoms with E-state index in [1.54, 1.807) is 24.3 Å². The summed E-state index contributed by atoms with van der Waals surface area (Å²) in [5, 5.41) is 10.3. The van der Waals surface area contributed by atoms with E-state index in [0.717, 1.165) is 0 Å². The third-order valence-corrected chi connectivity index (χ3v) is 4.98. The smallest absolute Gasteiger partial charge is 0.224 e. The van der Waals surface area contributed by atoms with Gasteiger partial charge in [-0.25, -0.2) is 8.42 Å². The Hall–Kier alpha value is -1.11. The molecule has 1 aromatic rings. The van der Waals surface area contributed by atoms with E-state index in [-0.39, 0.29) is 17.4 Å². The van der Waals surface area contributed by atoms with Gasteiger partial charge in [-0.15, -0.1) is 0 Å². The number of hydrogen-bond acceptors (Lipinski definition) is 4. The van der Waals surface area contributed by atoms with Gasteiger partial charge in [0, 0.05) is 17.6 Å². The van der Waals surface area contributed by atoms with Crippen molar-refractivity contribution < 1.29 is 18.3 Å². The summed E-state index contributed by atoms with van der Waals surface area (Å²) in [6.45, 7) is 1.33. The molecular weight excluding hydrogens is 290 g/mol. The zero-order valence-corrected chi connectivity index (χ0v) is 11.9. The number of hydrogen-bond donors (Lipinski definition) is 1. The molecule has 1 aliphatic heterocycles. The summed E-state index contributed by atoms with van der Waals surface area (Å²) < 4.78 is 23.1. The maximum Gasteiger partial charge on any atom is 0.224 e. The maximum absolute atomic E-state index is 11.8. The second-order valence-electron chi connectivity index (χ2n) is 4.58. The summed E-state index contributed by atoms with van der Waals surface area (Å²) in [6, 6.07) is 5.79. The third kappa shape index (κ3) is 3.08. The Kier molecular flexibility index (Phi) is 3.85. The lowest BCUT2D eigenvalue weighted by atomic mass is 10.1. The molecule has 19 heavy (non-hydrogen) atoms. The standard InChI is InChI=1S/C12H14ClNO4S/c1-8(15)14(10-4-2-3-9(13)5-10)11-6-19(17,18)7-12(11)16/h2-5,11-12,16H,6-7H2,1H3. The monoisotopic (exact) mass is 303 g/mol. The molecule has 0 aliphatic carbocycles. The minimum Gasteiger partial charge on any atom is -0.390 e. The number of anilines is 1. The molecule has 104 valence electrons. The van der Waals surface area contributed by atoms with Gasteiger partial charge in [0.1, 0.15) is 0 Å². The number of sulfone groups is 1. The molecule has 0 saturated carbocycles. The van der Waals surface area contributed by atoms with E-state index in [2.05, 4.69) is 0 Å². The highest BCUT2D eigenvalue weighted by molar-refractivity contribution is 7.91. The van der Waals surface area contributed by atoms with Crippen LogP contribution in [0.5, 0.6) is 0 Å². The van der Waals surface area contributed by atoms with Gasteiger partial charge in [-0.3, -0.25) is 4.79 Å². The predicted octanol–water partition coefficient (Wildman–Crippen LogP) is 0.851. The third-order valence-electron chi connectivity index (χ3n) is 3.05. The Balaban J connectivity index is 2.40. The van der Waals surface area contributed by atoms with Crippen LogP contribution in [0.25, 0.3) is 0 Å². The lowest BCUT2D eigenvalue weighted by molar-refractivity contribution is -0.117. The molecule has 2 atom stereocenters. The Morgan fingerprint density at radius 1 is 1.42 bits per heavy atom. The highest BCUT2D eigenvalue weighted by atomic mass is 35.5. The zero-order chi connectivity index (χ0) is 14.2. The first kappa shape index (κ1) is 14.3. The van der Waals surface area contributed by atoms with E-state index < -0.39 is 22.0 Å². The highest BCUT2D eigenvalue weighted by Crippen LogP contribution is 2.27. The van der Waals surface area contributed by atoms with Crippen LogP contribution < -0.4 is 4.90 Å². The van der Waals surface area contributed by atoms with Crippen molar-refractivity contribution in [3.05, 3.63) is 29.3 Å². The lowest BCUT2D eigenvalue weighted by Crippen LogP contribution is -2.46. The van der Waals surface area contributed by atoms with Gasteiger partial charge in [0.25, 0.3) is 0 Å². The van der Waals surface area contributed by atoms with Crippen LogP contribution in [0.4, 0.5) is 5.69 Å². The molecular formula is C12H14ClNO4S. The van der Waals surface area contributed by atoms with Crippen molar-refractivity contribution in [2.75, 3.05) is 16.4 Å². The second-order valence-corrected chi connectivity index (χ2v) is 7.17. The molecule has 1 aliphatic rings. The van der Waals surface area contributed by atoms with Crippen LogP contribution in [0.2, 0.25) is 5.02 Å². The van der Waals surface area contributed by atoms with E-state index >= 15 is 0 Å². The van der Waals surface area contributed by atoms with Gasteiger partial charge in [-0.1, -0.05) is 17.7 Å². The SMILES string of the molecule is CC(=O)N(c1cccc(Cl)c1)C1CS(=O)(=O)CC1O. The quantitative estimate of drug-likeness (QED) is 0.879. The van der Waals surface area contributed by atoms with Gasteiger partial charge in [-0.05, 0) is 18.2 Å². The van der Waals surface area contributed by atoms with Gasteiger partial charge >= 0.3 is 0 Å². The van der Waals surface area contributed by atoms with Gasteiger partial charge in [-0.2, -0.15) is 0 Å². The van der Waals surface area contributed by atoms with Crippen LogP contribution in [-0.2, 0) is 14.6 Å². The molecule has 1 saturated heterocycles. The van der Waals surface area contributed by atoms with Crippen LogP contribution in [0.3, 0.4) is 0 Å². The molecule has 1 N–H and O–H groups in total. The fourth-order valence-electron chi connectivity index (χ4n) is 2.29. The number of rotatable bonds is 2. The average molecular weight is 304 g/mol. The van der Waals surface area contributed by atoms with E-state index in [0.29, 0.717) is 10.7 Å². The molecule has 1 amide bonds.